The molecule has 1 N–H and O–H groups in total. The molecule has 0 bridgehead atoms. The molecule has 2 heteroatoms. The van der Waals surface area contributed by atoms with Crippen molar-refractivity contribution in [2.24, 2.45) is 5.92 Å². The van der Waals surface area contributed by atoms with Gasteiger partial charge in [-0.1, -0.05) is 30.7 Å². The highest BCUT2D eigenvalue weighted by Gasteiger charge is 2.09. The van der Waals surface area contributed by atoms with Gasteiger partial charge in [0.1, 0.15) is 0 Å². The smallest absolute Gasteiger partial charge is 0.216 e. The SMILES string of the molecule is CC(=O)NCC(C)C1=CC=CCC1. The zero-order chi connectivity index (χ0) is 9.68. The Labute approximate surface area is 79.7 Å². The molecule has 0 spiro atoms. The van der Waals surface area contributed by atoms with Crippen LogP contribution < -0.4 is 5.32 Å². The summed E-state index contributed by atoms with van der Waals surface area (Å²) in [5, 5.41) is 2.84. The van der Waals surface area contributed by atoms with E-state index in [4.69, 9.17) is 0 Å². The van der Waals surface area contributed by atoms with E-state index in [-0.39, 0.29) is 5.91 Å². The van der Waals surface area contributed by atoms with Crippen molar-refractivity contribution in [2.75, 3.05) is 6.54 Å². The fourth-order valence-electron chi connectivity index (χ4n) is 1.46. The third-order valence-corrected chi connectivity index (χ3v) is 2.34. The summed E-state index contributed by atoms with van der Waals surface area (Å²) in [4.78, 5) is 10.7. The van der Waals surface area contributed by atoms with Crippen LogP contribution in [0, 0.1) is 5.92 Å². The Hall–Kier alpha value is -1.05. The molecule has 1 amide bonds. The molecule has 0 fully saturated rings. The van der Waals surface area contributed by atoms with Crippen LogP contribution in [-0.4, -0.2) is 12.5 Å². The van der Waals surface area contributed by atoms with Crippen LogP contribution in [0.1, 0.15) is 26.7 Å². The number of nitrogens with one attached hydrogen (secondary N) is 1. The first-order chi connectivity index (χ1) is 6.20. The Kier molecular flexibility index (Phi) is 3.74. The van der Waals surface area contributed by atoms with Gasteiger partial charge in [-0.3, -0.25) is 4.79 Å². The molecule has 1 aliphatic carbocycles. The zero-order valence-electron chi connectivity index (χ0n) is 8.34. The first-order valence-electron chi connectivity index (χ1n) is 4.80. The Bertz CT molecular complexity index is 240. The quantitative estimate of drug-likeness (QED) is 0.705. The summed E-state index contributed by atoms with van der Waals surface area (Å²) in [7, 11) is 0. The molecule has 1 atom stereocenters. The van der Waals surface area contributed by atoms with Crippen LogP contribution in [0.4, 0.5) is 0 Å². The summed E-state index contributed by atoms with van der Waals surface area (Å²) in [6.45, 7) is 4.47. The van der Waals surface area contributed by atoms with Crippen LogP contribution in [0.5, 0.6) is 0 Å². The number of rotatable bonds is 3. The highest BCUT2D eigenvalue weighted by atomic mass is 16.1. The van der Waals surface area contributed by atoms with Crippen LogP contribution in [0.25, 0.3) is 0 Å². The molecule has 0 aromatic rings. The Morgan fingerprint density at radius 2 is 2.46 bits per heavy atom. The molecular weight excluding hydrogens is 162 g/mol. The van der Waals surface area contributed by atoms with Crippen LogP contribution in [0.2, 0.25) is 0 Å². The van der Waals surface area contributed by atoms with E-state index < -0.39 is 0 Å². The zero-order valence-corrected chi connectivity index (χ0v) is 8.34. The summed E-state index contributed by atoms with van der Waals surface area (Å²) < 4.78 is 0. The fraction of sp³-hybridized carbons (Fsp3) is 0.545. The molecule has 1 aliphatic rings. The highest BCUT2D eigenvalue weighted by molar-refractivity contribution is 5.72. The van der Waals surface area contributed by atoms with E-state index in [1.54, 1.807) is 6.92 Å². The average Bonchev–Trinajstić information content (AvgIpc) is 2.15. The number of hydrogen-bond donors (Lipinski definition) is 1. The number of carbonyl (C=O) groups excluding carboxylic acids is 1. The van der Waals surface area contributed by atoms with Crippen molar-refractivity contribution in [1.82, 2.24) is 5.32 Å². The van der Waals surface area contributed by atoms with Crippen LogP contribution in [-0.2, 0) is 4.79 Å². The molecule has 0 aromatic carbocycles. The van der Waals surface area contributed by atoms with Gasteiger partial charge in [0, 0.05) is 13.5 Å². The minimum absolute atomic E-state index is 0.0544. The maximum atomic E-state index is 10.7. The number of amides is 1. The molecule has 72 valence electrons. The predicted octanol–water partition coefficient (Wildman–Crippen LogP) is 2.04. The Morgan fingerprint density at radius 1 is 1.69 bits per heavy atom. The van der Waals surface area contributed by atoms with Gasteiger partial charge in [0.15, 0.2) is 0 Å². The van der Waals surface area contributed by atoms with Crippen LogP contribution in [0.3, 0.4) is 0 Å². The standard InChI is InChI=1S/C11H17NO/c1-9(8-12-10(2)13)11-6-4-3-5-7-11/h3-4,6,9H,5,7-8H2,1-2H3,(H,12,13). The molecule has 0 aromatic heterocycles. The monoisotopic (exact) mass is 179 g/mol. The second kappa shape index (κ2) is 4.85. The van der Waals surface area contributed by atoms with E-state index >= 15 is 0 Å². The topological polar surface area (TPSA) is 29.1 Å². The summed E-state index contributed by atoms with van der Waals surface area (Å²) in [5.74, 6) is 0.521. The second-order valence-electron chi connectivity index (χ2n) is 3.55. The third kappa shape index (κ3) is 3.45. The minimum Gasteiger partial charge on any atom is -0.356 e. The molecule has 0 saturated heterocycles. The molecular formula is C11H17NO. The van der Waals surface area contributed by atoms with Crippen molar-refractivity contribution in [3.05, 3.63) is 23.8 Å². The lowest BCUT2D eigenvalue weighted by molar-refractivity contribution is -0.119. The summed E-state index contributed by atoms with van der Waals surface area (Å²) in [5.41, 5.74) is 1.44. The maximum Gasteiger partial charge on any atom is 0.216 e. The van der Waals surface area contributed by atoms with Gasteiger partial charge >= 0.3 is 0 Å². The van der Waals surface area contributed by atoms with E-state index in [2.05, 4.69) is 30.5 Å². The van der Waals surface area contributed by atoms with Crippen molar-refractivity contribution in [2.45, 2.75) is 26.7 Å². The average molecular weight is 179 g/mol. The Morgan fingerprint density at radius 3 is 3.00 bits per heavy atom. The van der Waals surface area contributed by atoms with Crippen LogP contribution >= 0.6 is 0 Å². The van der Waals surface area contributed by atoms with Gasteiger partial charge in [0.05, 0.1) is 0 Å². The minimum atomic E-state index is 0.0544. The maximum absolute atomic E-state index is 10.7. The second-order valence-corrected chi connectivity index (χ2v) is 3.55. The van der Waals surface area contributed by atoms with Gasteiger partial charge in [-0.25, -0.2) is 0 Å². The van der Waals surface area contributed by atoms with E-state index in [0.29, 0.717) is 5.92 Å². The predicted molar refractivity (Wildman–Crippen MR) is 54.3 cm³/mol. The van der Waals surface area contributed by atoms with E-state index in [1.165, 1.54) is 5.57 Å². The summed E-state index contributed by atoms with van der Waals surface area (Å²) >= 11 is 0. The van der Waals surface area contributed by atoms with Crippen molar-refractivity contribution in [3.63, 3.8) is 0 Å². The number of carbonyl (C=O) groups is 1. The van der Waals surface area contributed by atoms with Crippen molar-refractivity contribution >= 4 is 5.91 Å². The molecule has 0 radical (unpaired) electrons. The molecule has 0 saturated carbocycles. The largest absolute Gasteiger partial charge is 0.356 e. The normalized spacial score (nSPS) is 17.8. The fourth-order valence-corrected chi connectivity index (χ4v) is 1.46. The highest BCUT2D eigenvalue weighted by Crippen LogP contribution is 2.19. The number of allylic oxidation sites excluding steroid dienone is 3. The van der Waals surface area contributed by atoms with Crippen molar-refractivity contribution in [1.29, 1.82) is 0 Å². The van der Waals surface area contributed by atoms with Crippen LogP contribution in [0.15, 0.2) is 23.8 Å². The first kappa shape index (κ1) is 10.0. The van der Waals surface area contributed by atoms with Gasteiger partial charge in [0.25, 0.3) is 0 Å². The first-order valence-corrected chi connectivity index (χ1v) is 4.80. The van der Waals surface area contributed by atoms with Crippen molar-refractivity contribution < 1.29 is 4.79 Å². The van der Waals surface area contributed by atoms with E-state index in [9.17, 15) is 4.79 Å². The molecule has 0 aliphatic heterocycles. The molecule has 2 nitrogen and oxygen atoms in total. The van der Waals surface area contributed by atoms with Gasteiger partial charge < -0.3 is 5.32 Å². The third-order valence-electron chi connectivity index (χ3n) is 2.34. The number of hydrogen-bond acceptors (Lipinski definition) is 1. The van der Waals surface area contributed by atoms with E-state index in [1.807, 2.05) is 0 Å². The lowest BCUT2D eigenvalue weighted by Gasteiger charge is -2.17. The van der Waals surface area contributed by atoms with Gasteiger partial charge in [-0.15, -0.1) is 0 Å². The molecule has 13 heavy (non-hydrogen) atoms. The van der Waals surface area contributed by atoms with Crippen molar-refractivity contribution in [3.8, 4) is 0 Å². The molecule has 1 unspecified atom stereocenters. The summed E-state index contributed by atoms with van der Waals surface area (Å²) in [6, 6.07) is 0. The Balaban J connectivity index is 2.38. The summed E-state index contributed by atoms with van der Waals surface area (Å²) in [6.07, 6.45) is 8.71. The van der Waals surface area contributed by atoms with Gasteiger partial charge in [-0.05, 0) is 18.8 Å². The van der Waals surface area contributed by atoms with E-state index in [0.717, 1.165) is 19.4 Å². The molecule has 0 heterocycles. The lowest BCUT2D eigenvalue weighted by atomic mass is 9.93. The van der Waals surface area contributed by atoms with Gasteiger partial charge in [0.2, 0.25) is 5.91 Å². The van der Waals surface area contributed by atoms with Gasteiger partial charge in [-0.2, -0.15) is 0 Å². The lowest BCUT2D eigenvalue weighted by Crippen LogP contribution is -2.26. The molecule has 1 rings (SSSR count).